The minimum absolute atomic E-state index is 0.00944. The van der Waals surface area contributed by atoms with Gasteiger partial charge in [0.2, 0.25) is 5.91 Å². The number of carbonyl (C=O) groups excluding carboxylic acids is 1. The summed E-state index contributed by atoms with van der Waals surface area (Å²) in [6.45, 7) is 4.92. The van der Waals surface area contributed by atoms with E-state index < -0.39 is 11.9 Å². The van der Waals surface area contributed by atoms with Gasteiger partial charge >= 0.3 is 5.97 Å². The van der Waals surface area contributed by atoms with E-state index in [0.717, 1.165) is 25.8 Å². The summed E-state index contributed by atoms with van der Waals surface area (Å²) in [6, 6.07) is 0. The van der Waals surface area contributed by atoms with Gasteiger partial charge in [-0.25, -0.2) is 0 Å². The van der Waals surface area contributed by atoms with E-state index in [1.165, 1.54) is 0 Å². The molecule has 0 aromatic carbocycles. The van der Waals surface area contributed by atoms with Crippen molar-refractivity contribution in [2.75, 3.05) is 13.6 Å². The molecule has 4 nitrogen and oxygen atoms in total. The summed E-state index contributed by atoms with van der Waals surface area (Å²) >= 11 is 0. The quantitative estimate of drug-likeness (QED) is 0.800. The van der Waals surface area contributed by atoms with Crippen LogP contribution in [0.25, 0.3) is 0 Å². The second kappa shape index (κ2) is 6.03. The summed E-state index contributed by atoms with van der Waals surface area (Å²) in [7, 11) is 1.78. The number of aliphatic carboxylic acids is 1. The molecule has 0 radical (unpaired) electrons. The molecule has 1 aliphatic carbocycles. The topological polar surface area (TPSA) is 57.6 Å². The van der Waals surface area contributed by atoms with E-state index in [2.05, 4.69) is 13.8 Å². The molecular formula is C13H23NO3. The molecule has 0 aromatic rings. The van der Waals surface area contributed by atoms with Crippen molar-refractivity contribution in [3.63, 3.8) is 0 Å². The minimum atomic E-state index is -0.821. The molecular weight excluding hydrogens is 218 g/mol. The summed E-state index contributed by atoms with van der Waals surface area (Å²) < 4.78 is 0. The molecule has 1 aliphatic rings. The van der Waals surface area contributed by atoms with Gasteiger partial charge < -0.3 is 10.0 Å². The SMILES string of the molecule is CCC(C)CN(C)C(=O)C1CCCC1C(=O)O. The average molecular weight is 241 g/mol. The molecule has 0 aliphatic heterocycles. The van der Waals surface area contributed by atoms with Gasteiger partial charge in [-0.15, -0.1) is 0 Å². The molecule has 3 atom stereocenters. The van der Waals surface area contributed by atoms with E-state index in [1.54, 1.807) is 11.9 Å². The Morgan fingerprint density at radius 1 is 1.35 bits per heavy atom. The van der Waals surface area contributed by atoms with Gasteiger partial charge in [0.15, 0.2) is 0 Å². The lowest BCUT2D eigenvalue weighted by atomic mass is 9.94. The van der Waals surface area contributed by atoms with Crippen LogP contribution in [0.2, 0.25) is 0 Å². The van der Waals surface area contributed by atoms with Crippen molar-refractivity contribution in [2.45, 2.75) is 39.5 Å². The molecule has 0 spiro atoms. The molecule has 0 aromatic heterocycles. The third kappa shape index (κ3) is 3.45. The summed E-state index contributed by atoms with van der Waals surface area (Å²) in [6.07, 6.45) is 3.25. The maximum Gasteiger partial charge on any atom is 0.307 e. The fourth-order valence-corrected chi connectivity index (χ4v) is 2.52. The van der Waals surface area contributed by atoms with Crippen LogP contribution in [-0.2, 0) is 9.59 Å². The number of carbonyl (C=O) groups is 2. The fraction of sp³-hybridized carbons (Fsp3) is 0.846. The van der Waals surface area contributed by atoms with Crippen LogP contribution in [-0.4, -0.2) is 35.5 Å². The largest absolute Gasteiger partial charge is 0.481 e. The summed E-state index contributed by atoms with van der Waals surface area (Å²) in [4.78, 5) is 24.9. The van der Waals surface area contributed by atoms with Crippen LogP contribution in [0.15, 0.2) is 0 Å². The van der Waals surface area contributed by atoms with Crippen LogP contribution in [0.4, 0.5) is 0 Å². The first-order valence-electron chi connectivity index (χ1n) is 6.45. The number of carboxylic acid groups (broad SMARTS) is 1. The van der Waals surface area contributed by atoms with Crippen LogP contribution < -0.4 is 0 Å². The third-order valence-electron chi connectivity index (χ3n) is 3.81. The summed E-state index contributed by atoms with van der Waals surface area (Å²) in [5, 5.41) is 9.07. The molecule has 17 heavy (non-hydrogen) atoms. The standard InChI is InChI=1S/C13H23NO3/c1-4-9(2)8-14(3)12(15)10-6-5-7-11(10)13(16)17/h9-11H,4-8H2,1-3H3,(H,16,17). The van der Waals surface area contributed by atoms with E-state index in [1.807, 2.05) is 0 Å². The zero-order valence-corrected chi connectivity index (χ0v) is 11.0. The van der Waals surface area contributed by atoms with Crippen LogP contribution >= 0.6 is 0 Å². The van der Waals surface area contributed by atoms with E-state index in [4.69, 9.17) is 5.11 Å². The maximum absolute atomic E-state index is 12.2. The van der Waals surface area contributed by atoms with Gasteiger partial charge in [0.1, 0.15) is 0 Å². The summed E-state index contributed by atoms with van der Waals surface area (Å²) in [5.41, 5.74) is 0. The minimum Gasteiger partial charge on any atom is -0.481 e. The fourth-order valence-electron chi connectivity index (χ4n) is 2.52. The number of amides is 1. The van der Waals surface area contributed by atoms with Gasteiger partial charge in [-0.3, -0.25) is 9.59 Å². The van der Waals surface area contributed by atoms with E-state index in [0.29, 0.717) is 12.3 Å². The van der Waals surface area contributed by atoms with Crippen molar-refractivity contribution in [3.05, 3.63) is 0 Å². The molecule has 1 N–H and O–H groups in total. The number of hydrogen-bond donors (Lipinski definition) is 1. The normalized spacial score (nSPS) is 25.6. The van der Waals surface area contributed by atoms with Crippen LogP contribution in [0.1, 0.15) is 39.5 Å². The van der Waals surface area contributed by atoms with Crippen LogP contribution in [0, 0.1) is 17.8 Å². The predicted octanol–water partition coefficient (Wildman–Crippen LogP) is 1.99. The average Bonchev–Trinajstić information content (AvgIpc) is 2.76. The lowest BCUT2D eigenvalue weighted by molar-refractivity contribution is -0.148. The van der Waals surface area contributed by atoms with Crippen molar-refractivity contribution in [1.29, 1.82) is 0 Å². The lowest BCUT2D eigenvalue weighted by Gasteiger charge is -2.25. The van der Waals surface area contributed by atoms with E-state index in [9.17, 15) is 9.59 Å². The van der Waals surface area contributed by atoms with Crippen molar-refractivity contribution in [3.8, 4) is 0 Å². The first kappa shape index (κ1) is 14.0. The van der Waals surface area contributed by atoms with Crippen molar-refractivity contribution < 1.29 is 14.7 Å². The Morgan fingerprint density at radius 2 is 1.94 bits per heavy atom. The zero-order valence-electron chi connectivity index (χ0n) is 11.0. The Kier molecular flexibility index (Phi) is 4.97. The molecule has 0 saturated heterocycles. The summed E-state index contributed by atoms with van der Waals surface area (Å²) in [5.74, 6) is -1.12. The first-order chi connectivity index (χ1) is 7.97. The van der Waals surface area contributed by atoms with Gasteiger partial charge in [-0.05, 0) is 18.8 Å². The van der Waals surface area contributed by atoms with E-state index in [-0.39, 0.29) is 11.8 Å². The molecule has 4 heteroatoms. The molecule has 0 heterocycles. The van der Waals surface area contributed by atoms with Gasteiger partial charge in [0.05, 0.1) is 11.8 Å². The molecule has 1 amide bonds. The van der Waals surface area contributed by atoms with Crippen molar-refractivity contribution >= 4 is 11.9 Å². The van der Waals surface area contributed by atoms with Crippen molar-refractivity contribution in [2.24, 2.45) is 17.8 Å². The van der Waals surface area contributed by atoms with Gasteiger partial charge in [-0.2, -0.15) is 0 Å². The molecule has 98 valence electrons. The monoisotopic (exact) mass is 241 g/mol. The highest BCUT2D eigenvalue weighted by Gasteiger charge is 2.38. The Balaban J connectivity index is 2.59. The Morgan fingerprint density at radius 3 is 2.47 bits per heavy atom. The van der Waals surface area contributed by atoms with Crippen molar-refractivity contribution in [1.82, 2.24) is 4.90 Å². The number of hydrogen-bond acceptors (Lipinski definition) is 2. The van der Waals surface area contributed by atoms with E-state index >= 15 is 0 Å². The second-order valence-electron chi connectivity index (χ2n) is 5.21. The predicted molar refractivity (Wildman–Crippen MR) is 65.6 cm³/mol. The molecule has 3 unspecified atom stereocenters. The number of carboxylic acids is 1. The molecule has 1 saturated carbocycles. The third-order valence-corrected chi connectivity index (χ3v) is 3.81. The van der Waals surface area contributed by atoms with Gasteiger partial charge in [0, 0.05) is 13.6 Å². The highest BCUT2D eigenvalue weighted by atomic mass is 16.4. The smallest absolute Gasteiger partial charge is 0.307 e. The highest BCUT2D eigenvalue weighted by molar-refractivity contribution is 5.85. The van der Waals surface area contributed by atoms with Gasteiger partial charge in [0.25, 0.3) is 0 Å². The molecule has 1 fully saturated rings. The lowest BCUT2D eigenvalue weighted by Crippen LogP contribution is -2.38. The van der Waals surface area contributed by atoms with Crippen LogP contribution in [0.5, 0.6) is 0 Å². The van der Waals surface area contributed by atoms with Crippen LogP contribution in [0.3, 0.4) is 0 Å². The Hall–Kier alpha value is -1.06. The maximum atomic E-state index is 12.2. The Bertz CT molecular complexity index is 290. The highest BCUT2D eigenvalue weighted by Crippen LogP contribution is 2.33. The zero-order chi connectivity index (χ0) is 13.0. The van der Waals surface area contributed by atoms with Gasteiger partial charge in [-0.1, -0.05) is 26.7 Å². The number of nitrogens with zero attached hydrogens (tertiary/aromatic N) is 1. The molecule has 0 bridgehead atoms. The molecule has 1 rings (SSSR count). The Labute approximate surface area is 103 Å². The first-order valence-corrected chi connectivity index (χ1v) is 6.45. The number of rotatable bonds is 5. The second-order valence-corrected chi connectivity index (χ2v) is 5.21.